The lowest BCUT2D eigenvalue weighted by molar-refractivity contribution is 0.421. The molecule has 0 aromatic heterocycles. The predicted octanol–water partition coefficient (Wildman–Crippen LogP) is 3.78. The molecule has 0 bridgehead atoms. The molecule has 0 amide bonds. The molecule has 2 rings (SSSR count). The molecule has 4 heteroatoms. The Balaban J connectivity index is 2.32. The third-order valence-electron chi connectivity index (χ3n) is 4.10. The molecule has 0 heterocycles. The molecular weight excluding hydrogens is 320 g/mol. The maximum Gasteiger partial charge on any atom is 0.0715 e. The standard InChI is InChI=1S/C22H30N4/c1-25(2)17-15-21(19-11-7-5-8-12-19)23-24-22(16-18-26(3)4)20-13-9-6-10-14-20/h5-14H,15-18H2,1-4H3/b23-21+,24-22+. The molecule has 2 aromatic rings. The molecule has 0 N–H and O–H groups in total. The van der Waals surface area contributed by atoms with Crippen LogP contribution in [0.1, 0.15) is 24.0 Å². The number of hydrogen-bond donors (Lipinski definition) is 0. The lowest BCUT2D eigenvalue weighted by Crippen LogP contribution is -2.18. The maximum absolute atomic E-state index is 4.68. The van der Waals surface area contributed by atoms with E-state index in [9.17, 15) is 0 Å². The second-order valence-corrected chi connectivity index (χ2v) is 6.93. The molecule has 138 valence electrons. The van der Waals surface area contributed by atoms with Crippen LogP contribution in [0, 0.1) is 0 Å². The monoisotopic (exact) mass is 350 g/mol. The average molecular weight is 351 g/mol. The highest BCUT2D eigenvalue weighted by Gasteiger charge is 2.07. The molecular formula is C22H30N4. The van der Waals surface area contributed by atoms with Crippen LogP contribution in [0.15, 0.2) is 70.9 Å². The second-order valence-electron chi connectivity index (χ2n) is 6.93. The summed E-state index contributed by atoms with van der Waals surface area (Å²) in [7, 11) is 8.33. The maximum atomic E-state index is 4.68. The summed E-state index contributed by atoms with van der Waals surface area (Å²) in [6, 6.07) is 20.7. The zero-order chi connectivity index (χ0) is 18.8. The van der Waals surface area contributed by atoms with Crippen molar-refractivity contribution in [2.75, 3.05) is 41.3 Å². The van der Waals surface area contributed by atoms with E-state index in [0.29, 0.717) is 0 Å². The van der Waals surface area contributed by atoms with Crippen LogP contribution in [0.3, 0.4) is 0 Å². The van der Waals surface area contributed by atoms with E-state index in [2.05, 4.69) is 72.5 Å². The van der Waals surface area contributed by atoms with Gasteiger partial charge in [-0.1, -0.05) is 60.7 Å². The van der Waals surface area contributed by atoms with E-state index in [-0.39, 0.29) is 0 Å². The van der Waals surface area contributed by atoms with E-state index in [1.807, 2.05) is 36.4 Å². The summed E-state index contributed by atoms with van der Waals surface area (Å²) in [5.74, 6) is 0. The summed E-state index contributed by atoms with van der Waals surface area (Å²) < 4.78 is 0. The lowest BCUT2D eigenvalue weighted by atomic mass is 10.1. The zero-order valence-corrected chi connectivity index (χ0v) is 16.4. The Kier molecular flexibility index (Phi) is 8.19. The highest BCUT2D eigenvalue weighted by atomic mass is 15.2. The van der Waals surface area contributed by atoms with Gasteiger partial charge in [0.25, 0.3) is 0 Å². The van der Waals surface area contributed by atoms with Crippen molar-refractivity contribution in [2.24, 2.45) is 10.2 Å². The van der Waals surface area contributed by atoms with E-state index in [4.69, 9.17) is 0 Å². The van der Waals surface area contributed by atoms with E-state index in [1.165, 1.54) is 0 Å². The Hall–Kier alpha value is -2.30. The number of rotatable bonds is 9. The summed E-state index contributed by atoms with van der Waals surface area (Å²) in [4.78, 5) is 4.35. The average Bonchev–Trinajstić information content (AvgIpc) is 2.65. The molecule has 0 spiro atoms. The molecule has 0 aliphatic rings. The van der Waals surface area contributed by atoms with Crippen molar-refractivity contribution in [2.45, 2.75) is 12.8 Å². The molecule has 0 aliphatic carbocycles. The Morgan fingerprint density at radius 1 is 0.615 bits per heavy atom. The summed E-state index contributed by atoms with van der Waals surface area (Å²) in [6.07, 6.45) is 1.74. The Morgan fingerprint density at radius 2 is 0.962 bits per heavy atom. The smallest absolute Gasteiger partial charge is 0.0715 e. The third kappa shape index (κ3) is 6.90. The highest BCUT2D eigenvalue weighted by Crippen LogP contribution is 2.09. The van der Waals surface area contributed by atoms with Crippen LogP contribution < -0.4 is 0 Å². The van der Waals surface area contributed by atoms with Gasteiger partial charge in [-0.25, -0.2) is 0 Å². The first-order valence-electron chi connectivity index (χ1n) is 9.10. The van der Waals surface area contributed by atoms with E-state index < -0.39 is 0 Å². The quantitative estimate of drug-likeness (QED) is 0.509. The minimum Gasteiger partial charge on any atom is -0.309 e. The van der Waals surface area contributed by atoms with Gasteiger partial charge in [-0.15, -0.1) is 0 Å². The second kappa shape index (κ2) is 10.6. The summed E-state index contributed by atoms with van der Waals surface area (Å²) >= 11 is 0. The number of benzene rings is 2. The lowest BCUT2D eigenvalue weighted by Gasteiger charge is -2.12. The fourth-order valence-electron chi connectivity index (χ4n) is 2.54. The fourth-order valence-corrected chi connectivity index (χ4v) is 2.54. The van der Waals surface area contributed by atoms with Crippen molar-refractivity contribution >= 4 is 11.4 Å². The van der Waals surface area contributed by atoms with Crippen LogP contribution in [-0.4, -0.2) is 62.5 Å². The summed E-state index contributed by atoms with van der Waals surface area (Å²) in [5, 5.41) is 9.36. The SMILES string of the molecule is CN(C)CC/C(=N\N=C(/CCN(C)C)c1ccccc1)c1ccccc1. The fraction of sp³-hybridized carbons (Fsp3) is 0.364. The molecule has 0 saturated heterocycles. The first-order valence-corrected chi connectivity index (χ1v) is 9.10. The molecule has 0 saturated carbocycles. The van der Waals surface area contributed by atoms with Crippen LogP contribution in [0.5, 0.6) is 0 Å². The van der Waals surface area contributed by atoms with Gasteiger partial charge in [-0.05, 0) is 39.3 Å². The molecule has 4 nitrogen and oxygen atoms in total. The number of hydrogen-bond acceptors (Lipinski definition) is 4. The summed E-state index contributed by atoms with van der Waals surface area (Å²) in [5.41, 5.74) is 4.33. The van der Waals surface area contributed by atoms with Gasteiger partial charge in [-0.2, -0.15) is 10.2 Å². The van der Waals surface area contributed by atoms with Gasteiger partial charge in [0.05, 0.1) is 11.4 Å². The molecule has 26 heavy (non-hydrogen) atoms. The van der Waals surface area contributed by atoms with Gasteiger partial charge in [0, 0.05) is 25.9 Å². The van der Waals surface area contributed by atoms with E-state index >= 15 is 0 Å². The normalized spacial score (nSPS) is 12.8. The third-order valence-corrected chi connectivity index (χ3v) is 4.10. The van der Waals surface area contributed by atoms with Crippen molar-refractivity contribution in [1.82, 2.24) is 9.80 Å². The topological polar surface area (TPSA) is 31.2 Å². The van der Waals surface area contributed by atoms with Crippen molar-refractivity contribution < 1.29 is 0 Å². The van der Waals surface area contributed by atoms with Crippen LogP contribution in [-0.2, 0) is 0 Å². The zero-order valence-electron chi connectivity index (χ0n) is 16.4. The minimum atomic E-state index is 0.871. The largest absolute Gasteiger partial charge is 0.309 e. The van der Waals surface area contributed by atoms with Gasteiger partial charge in [0.15, 0.2) is 0 Å². The summed E-state index contributed by atoms with van der Waals surface area (Å²) in [6.45, 7) is 1.89. The first kappa shape index (κ1) is 20.0. The Morgan fingerprint density at radius 3 is 1.27 bits per heavy atom. The Labute approximate surface area is 157 Å². The molecule has 0 unspecified atom stereocenters. The van der Waals surface area contributed by atoms with Gasteiger partial charge < -0.3 is 9.80 Å². The van der Waals surface area contributed by atoms with Crippen molar-refractivity contribution in [3.8, 4) is 0 Å². The van der Waals surface area contributed by atoms with Crippen LogP contribution in [0.25, 0.3) is 0 Å². The number of nitrogens with zero attached hydrogens (tertiary/aromatic N) is 4. The van der Waals surface area contributed by atoms with E-state index in [1.54, 1.807) is 0 Å². The molecule has 2 aromatic carbocycles. The van der Waals surface area contributed by atoms with Crippen LogP contribution >= 0.6 is 0 Å². The van der Waals surface area contributed by atoms with E-state index in [0.717, 1.165) is 48.5 Å². The van der Waals surface area contributed by atoms with Crippen molar-refractivity contribution in [1.29, 1.82) is 0 Å². The molecule has 0 atom stereocenters. The van der Waals surface area contributed by atoms with Crippen LogP contribution in [0.2, 0.25) is 0 Å². The highest BCUT2D eigenvalue weighted by molar-refractivity contribution is 6.03. The molecule has 0 aliphatic heterocycles. The van der Waals surface area contributed by atoms with Gasteiger partial charge in [0.2, 0.25) is 0 Å². The minimum absolute atomic E-state index is 0.871. The predicted molar refractivity (Wildman–Crippen MR) is 112 cm³/mol. The Bertz CT molecular complexity index is 640. The van der Waals surface area contributed by atoms with Gasteiger partial charge >= 0.3 is 0 Å². The van der Waals surface area contributed by atoms with Crippen LogP contribution in [0.4, 0.5) is 0 Å². The first-order chi connectivity index (χ1) is 12.6. The van der Waals surface area contributed by atoms with Crippen molar-refractivity contribution in [3.63, 3.8) is 0 Å². The van der Waals surface area contributed by atoms with Gasteiger partial charge in [0.1, 0.15) is 0 Å². The van der Waals surface area contributed by atoms with Crippen molar-refractivity contribution in [3.05, 3.63) is 71.8 Å². The molecule has 0 fully saturated rings. The molecule has 0 radical (unpaired) electrons. The van der Waals surface area contributed by atoms with Gasteiger partial charge in [-0.3, -0.25) is 0 Å².